The van der Waals surface area contributed by atoms with Crippen molar-refractivity contribution < 1.29 is 9.53 Å². The minimum absolute atomic E-state index is 0.151. The lowest BCUT2D eigenvalue weighted by Gasteiger charge is -2.23. The Bertz CT molecular complexity index is 646. The third-order valence-electron chi connectivity index (χ3n) is 3.55. The summed E-state index contributed by atoms with van der Waals surface area (Å²) in [6.07, 6.45) is 0.240. The molecule has 3 N–H and O–H groups in total. The Morgan fingerprint density at radius 3 is 2.17 bits per heavy atom. The van der Waals surface area contributed by atoms with Crippen LogP contribution in [0.25, 0.3) is 11.1 Å². The molecular weight excluding hydrogens is 300 g/mol. The maximum absolute atomic E-state index is 11.9. The van der Waals surface area contributed by atoms with Gasteiger partial charge in [-0.2, -0.15) is 0 Å². The SMILES string of the molecule is CC(C)(C)OC(=O)NC(CN)Cc1ccc(-c2ccccc2)cc1. The third kappa shape index (κ3) is 5.70. The Morgan fingerprint density at radius 2 is 1.62 bits per heavy atom. The third-order valence-corrected chi connectivity index (χ3v) is 3.55. The molecule has 0 aliphatic carbocycles. The summed E-state index contributed by atoms with van der Waals surface area (Å²) in [5, 5.41) is 2.83. The number of carbonyl (C=O) groups is 1. The Hall–Kier alpha value is -2.33. The first-order valence-electron chi connectivity index (χ1n) is 8.21. The first-order chi connectivity index (χ1) is 11.4. The van der Waals surface area contributed by atoms with Crippen molar-refractivity contribution in [2.75, 3.05) is 6.54 Å². The number of nitrogens with one attached hydrogen (secondary N) is 1. The van der Waals surface area contributed by atoms with E-state index < -0.39 is 11.7 Å². The second-order valence-electron chi connectivity index (χ2n) is 6.85. The lowest BCUT2D eigenvalue weighted by atomic mass is 10.0. The molecule has 0 bridgehead atoms. The fourth-order valence-electron chi connectivity index (χ4n) is 2.42. The van der Waals surface area contributed by atoms with Gasteiger partial charge in [0.25, 0.3) is 0 Å². The number of nitrogens with two attached hydrogens (primary N) is 1. The molecular formula is C20H26N2O2. The summed E-state index contributed by atoms with van der Waals surface area (Å²) >= 11 is 0. The van der Waals surface area contributed by atoms with E-state index in [1.165, 1.54) is 11.1 Å². The molecule has 0 aliphatic heterocycles. The summed E-state index contributed by atoms with van der Waals surface area (Å²) in [5.41, 5.74) is 8.75. The van der Waals surface area contributed by atoms with E-state index in [2.05, 4.69) is 41.7 Å². The minimum atomic E-state index is -0.513. The lowest BCUT2D eigenvalue weighted by Crippen LogP contribution is -2.44. The minimum Gasteiger partial charge on any atom is -0.444 e. The zero-order valence-electron chi connectivity index (χ0n) is 14.6. The maximum Gasteiger partial charge on any atom is 0.407 e. The van der Waals surface area contributed by atoms with Gasteiger partial charge in [-0.1, -0.05) is 54.6 Å². The van der Waals surface area contributed by atoms with Gasteiger partial charge in [-0.15, -0.1) is 0 Å². The van der Waals surface area contributed by atoms with E-state index in [4.69, 9.17) is 10.5 Å². The van der Waals surface area contributed by atoms with E-state index in [0.29, 0.717) is 13.0 Å². The van der Waals surface area contributed by atoms with Crippen molar-refractivity contribution in [1.29, 1.82) is 0 Å². The first kappa shape index (κ1) is 18.0. The molecule has 4 nitrogen and oxygen atoms in total. The Morgan fingerprint density at radius 1 is 1.04 bits per heavy atom. The van der Waals surface area contributed by atoms with Gasteiger partial charge in [0.15, 0.2) is 0 Å². The fourth-order valence-corrected chi connectivity index (χ4v) is 2.42. The predicted octanol–water partition coefficient (Wildman–Crippen LogP) is 3.75. The van der Waals surface area contributed by atoms with Gasteiger partial charge in [-0.25, -0.2) is 4.79 Å². The molecule has 0 saturated heterocycles. The first-order valence-corrected chi connectivity index (χ1v) is 8.21. The van der Waals surface area contributed by atoms with Crippen LogP contribution in [0, 0.1) is 0 Å². The maximum atomic E-state index is 11.9. The number of amides is 1. The highest BCUT2D eigenvalue weighted by Gasteiger charge is 2.19. The van der Waals surface area contributed by atoms with Gasteiger partial charge in [0.1, 0.15) is 5.60 Å². The van der Waals surface area contributed by atoms with E-state index in [-0.39, 0.29) is 6.04 Å². The van der Waals surface area contributed by atoms with Crippen LogP contribution in [0.4, 0.5) is 4.79 Å². The lowest BCUT2D eigenvalue weighted by molar-refractivity contribution is 0.0506. The van der Waals surface area contributed by atoms with E-state index >= 15 is 0 Å². The number of alkyl carbamates (subject to hydrolysis) is 1. The highest BCUT2D eigenvalue weighted by molar-refractivity contribution is 5.68. The zero-order valence-corrected chi connectivity index (χ0v) is 14.6. The largest absolute Gasteiger partial charge is 0.444 e. The van der Waals surface area contributed by atoms with Crippen LogP contribution in [-0.2, 0) is 11.2 Å². The van der Waals surface area contributed by atoms with Gasteiger partial charge in [-0.05, 0) is 43.9 Å². The topological polar surface area (TPSA) is 64.3 Å². The quantitative estimate of drug-likeness (QED) is 0.879. The molecule has 24 heavy (non-hydrogen) atoms. The Balaban J connectivity index is 1.97. The van der Waals surface area contributed by atoms with E-state index in [1.54, 1.807) is 0 Å². The molecule has 0 aromatic heterocycles. The van der Waals surface area contributed by atoms with Crippen molar-refractivity contribution in [2.45, 2.75) is 38.8 Å². The van der Waals surface area contributed by atoms with Crippen LogP contribution in [-0.4, -0.2) is 24.3 Å². The molecule has 1 unspecified atom stereocenters. The van der Waals surface area contributed by atoms with Crippen LogP contribution in [0.1, 0.15) is 26.3 Å². The molecule has 0 spiro atoms. The predicted molar refractivity (Wildman–Crippen MR) is 97.8 cm³/mol. The van der Waals surface area contributed by atoms with Crippen molar-refractivity contribution in [3.05, 3.63) is 60.2 Å². The second kappa shape index (κ2) is 7.97. The summed E-state index contributed by atoms with van der Waals surface area (Å²) in [4.78, 5) is 11.9. The van der Waals surface area contributed by atoms with E-state index in [1.807, 2.05) is 39.0 Å². The molecule has 0 aliphatic rings. The molecule has 1 atom stereocenters. The number of rotatable bonds is 5. The molecule has 0 radical (unpaired) electrons. The van der Waals surface area contributed by atoms with Crippen LogP contribution in [0.2, 0.25) is 0 Å². The van der Waals surface area contributed by atoms with Crippen LogP contribution in [0.5, 0.6) is 0 Å². The number of hydrogen-bond donors (Lipinski definition) is 2. The summed E-state index contributed by atoms with van der Waals surface area (Å²) in [7, 11) is 0. The van der Waals surface area contributed by atoms with Crippen molar-refractivity contribution in [1.82, 2.24) is 5.32 Å². The molecule has 0 fully saturated rings. The summed E-state index contributed by atoms with van der Waals surface area (Å²) in [6.45, 7) is 5.88. The molecule has 2 aromatic rings. The van der Waals surface area contributed by atoms with Gasteiger partial charge in [0, 0.05) is 12.6 Å². The van der Waals surface area contributed by atoms with Crippen molar-refractivity contribution >= 4 is 6.09 Å². The number of benzene rings is 2. The van der Waals surface area contributed by atoms with Crippen molar-refractivity contribution in [3.63, 3.8) is 0 Å². The van der Waals surface area contributed by atoms with Crippen LogP contribution >= 0.6 is 0 Å². The van der Waals surface area contributed by atoms with Gasteiger partial charge in [0.2, 0.25) is 0 Å². The summed E-state index contributed by atoms with van der Waals surface area (Å²) < 4.78 is 5.28. The Kier molecular flexibility index (Phi) is 5.99. The molecule has 128 valence electrons. The summed E-state index contributed by atoms with van der Waals surface area (Å²) in [5.74, 6) is 0. The average molecular weight is 326 g/mol. The van der Waals surface area contributed by atoms with E-state index in [0.717, 1.165) is 5.56 Å². The monoisotopic (exact) mass is 326 g/mol. The van der Waals surface area contributed by atoms with Crippen LogP contribution in [0.3, 0.4) is 0 Å². The number of hydrogen-bond acceptors (Lipinski definition) is 3. The highest BCUT2D eigenvalue weighted by Crippen LogP contribution is 2.19. The Labute approximate surface area is 144 Å². The molecule has 0 heterocycles. The average Bonchev–Trinajstić information content (AvgIpc) is 2.54. The fraction of sp³-hybridized carbons (Fsp3) is 0.350. The normalized spacial score (nSPS) is 12.5. The smallest absolute Gasteiger partial charge is 0.407 e. The van der Waals surface area contributed by atoms with Crippen LogP contribution in [0.15, 0.2) is 54.6 Å². The number of ether oxygens (including phenoxy) is 1. The van der Waals surface area contributed by atoms with Gasteiger partial charge >= 0.3 is 6.09 Å². The van der Waals surface area contributed by atoms with Crippen molar-refractivity contribution in [2.24, 2.45) is 5.73 Å². The second-order valence-corrected chi connectivity index (χ2v) is 6.85. The van der Waals surface area contributed by atoms with Crippen molar-refractivity contribution in [3.8, 4) is 11.1 Å². The molecule has 2 aromatic carbocycles. The number of carbonyl (C=O) groups excluding carboxylic acids is 1. The molecule has 0 saturated carbocycles. The molecule has 4 heteroatoms. The van der Waals surface area contributed by atoms with E-state index in [9.17, 15) is 4.79 Å². The van der Waals surface area contributed by atoms with Crippen LogP contribution < -0.4 is 11.1 Å². The van der Waals surface area contributed by atoms with Gasteiger partial charge in [0.05, 0.1) is 0 Å². The standard InChI is InChI=1S/C20H26N2O2/c1-20(2,3)24-19(23)22-18(14-21)13-15-9-11-17(12-10-15)16-7-5-4-6-8-16/h4-12,18H,13-14,21H2,1-3H3,(H,22,23). The van der Waals surface area contributed by atoms with Gasteiger partial charge in [-0.3, -0.25) is 0 Å². The zero-order chi connectivity index (χ0) is 17.6. The van der Waals surface area contributed by atoms with Gasteiger partial charge < -0.3 is 15.8 Å². The molecule has 2 rings (SSSR count). The molecule has 1 amide bonds. The highest BCUT2D eigenvalue weighted by atomic mass is 16.6. The summed E-state index contributed by atoms with van der Waals surface area (Å²) in [6, 6.07) is 18.4.